The first-order valence-electron chi connectivity index (χ1n) is 5.70. The van der Waals surface area contributed by atoms with Gasteiger partial charge in [0.2, 0.25) is 0 Å². The van der Waals surface area contributed by atoms with Crippen LogP contribution in [0.4, 0.5) is 0 Å². The summed E-state index contributed by atoms with van der Waals surface area (Å²) >= 11 is 0. The van der Waals surface area contributed by atoms with Crippen LogP contribution in [0.3, 0.4) is 0 Å². The van der Waals surface area contributed by atoms with E-state index in [2.05, 4.69) is 45.8 Å². The third kappa shape index (κ3) is 2.26. The molecule has 0 aromatic heterocycles. The standard InChI is InChI=1S/C13H19BO/c1-13(2,3)8-10-6-5-7-12-11(10)9-15-14(12)4/h5-7H,8-9H2,1-4H3. The van der Waals surface area contributed by atoms with Crippen LogP contribution in [0.2, 0.25) is 6.82 Å². The van der Waals surface area contributed by atoms with Gasteiger partial charge in [-0.2, -0.15) is 0 Å². The quantitative estimate of drug-likeness (QED) is 0.636. The lowest BCUT2D eigenvalue weighted by atomic mass is 9.63. The van der Waals surface area contributed by atoms with Crippen molar-refractivity contribution in [1.29, 1.82) is 0 Å². The van der Waals surface area contributed by atoms with Gasteiger partial charge in [-0.25, -0.2) is 0 Å². The predicted octanol–water partition coefficient (Wildman–Crippen LogP) is 2.63. The Morgan fingerprint density at radius 3 is 2.73 bits per heavy atom. The lowest BCUT2D eigenvalue weighted by molar-refractivity contribution is 0.329. The molecule has 0 unspecified atom stereocenters. The molecule has 0 atom stereocenters. The molecule has 0 saturated heterocycles. The van der Waals surface area contributed by atoms with Crippen LogP contribution in [0.15, 0.2) is 18.2 Å². The minimum Gasteiger partial charge on any atom is -0.427 e. The summed E-state index contributed by atoms with van der Waals surface area (Å²) in [5.41, 5.74) is 4.63. The summed E-state index contributed by atoms with van der Waals surface area (Å²) in [6.07, 6.45) is 1.13. The first-order chi connectivity index (χ1) is 6.97. The van der Waals surface area contributed by atoms with Crippen molar-refractivity contribution >= 4 is 12.4 Å². The zero-order valence-corrected chi connectivity index (χ0v) is 10.1. The van der Waals surface area contributed by atoms with Gasteiger partial charge in [-0.15, -0.1) is 0 Å². The smallest absolute Gasteiger partial charge is 0.324 e. The molecule has 1 nitrogen and oxygen atoms in total. The molecule has 1 aliphatic rings. The molecule has 0 bridgehead atoms. The van der Waals surface area contributed by atoms with Gasteiger partial charge in [0.15, 0.2) is 0 Å². The highest BCUT2D eigenvalue weighted by Crippen LogP contribution is 2.24. The molecule has 15 heavy (non-hydrogen) atoms. The largest absolute Gasteiger partial charge is 0.427 e. The molecule has 1 aromatic rings. The van der Waals surface area contributed by atoms with E-state index in [0.717, 1.165) is 13.0 Å². The highest BCUT2D eigenvalue weighted by molar-refractivity contribution is 6.67. The maximum Gasteiger partial charge on any atom is 0.324 e. The van der Waals surface area contributed by atoms with E-state index in [1.165, 1.54) is 16.6 Å². The third-order valence-electron chi connectivity index (χ3n) is 2.95. The van der Waals surface area contributed by atoms with E-state index in [-0.39, 0.29) is 6.92 Å². The molecule has 2 heteroatoms. The zero-order chi connectivity index (χ0) is 11.1. The average molecular weight is 202 g/mol. The first kappa shape index (κ1) is 10.8. The van der Waals surface area contributed by atoms with Crippen molar-refractivity contribution in [2.45, 2.75) is 40.6 Å². The van der Waals surface area contributed by atoms with Crippen LogP contribution in [-0.2, 0) is 17.7 Å². The Labute approximate surface area is 93.0 Å². The molecule has 0 amide bonds. The van der Waals surface area contributed by atoms with Crippen molar-refractivity contribution in [3.8, 4) is 0 Å². The number of benzene rings is 1. The fourth-order valence-electron chi connectivity index (χ4n) is 2.25. The summed E-state index contributed by atoms with van der Waals surface area (Å²) in [5.74, 6) is 0. The van der Waals surface area contributed by atoms with Gasteiger partial charge < -0.3 is 4.65 Å². The lowest BCUT2D eigenvalue weighted by Crippen LogP contribution is -2.25. The fourth-order valence-corrected chi connectivity index (χ4v) is 2.25. The molecule has 0 N–H and O–H groups in total. The topological polar surface area (TPSA) is 9.23 Å². The van der Waals surface area contributed by atoms with Crippen LogP contribution in [0.25, 0.3) is 0 Å². The zero-order valence-electron chi connectivity index (χ0n) is 10.1. The molecule has 1 aliphatic heterocycles. The average Bonchev–Trinajstić information content (AvgIpc) is 2.47. The molecule has 1 heterocycles. The second-order valence-electron chi connectivity index (χ2n) is 5.68. The normalized spacial score (nSPS) is 15.6. The summed E-state index contributed by atoms with van der Waals surface area (Å²) < 4.78 is 5.68. The van der Waals surface area contributed by atoms with Gasteiger partial charge in [-0.05, 0) is 28.4 Å². The second-order valence-corrected chi connectivity index (χ2v) is 5.68. The monoisotopic (exact) mass is 202 g/mol. The maximum atomic E-state index is 5.68. The summed E-state index contributed by atoms with van der Waals surface area (Å²) in [5, 5.41) is 0. The molecular weight excluding hydrogens is 183 g/mol. The van der Waals surface area contributed by atoms with Crippen LogP contribution < -0.4 is 5.46 Å². The van der Waals surface area contributed by atoms with Gasteiger partial charge in [0.25, 0.3) is 0 Å². The van der Waals surface area contributed by atoms with Gasteiger partial charge in [-0.3, -0.25) is 0 Å². The van der Waals surface area contributed by atoms with Crippen molar-refractivity contribution in [2.75, 3.05) is 0 Å². The van der Waals surface area contributed by atoms with Gasteiger partial charge >= 0.3 is 6.92 Å². The fraction of sp³-hybridized carbons (Fsp3) is 0.538. The molecule has 80 valence electrons. The van der Waals surface area contributed by atoms with Crippen LogP contribution in [0.5, 0.6) is 0 Å². The van der Waals surface area contributed by atoms with Crippen molar-refractivity contribution in [3.63, 3.8) is 0 Å². The number of hydrogen-bond acceptors (Lipinski definition) is 1. The van der Waals surface area contributed by atoms with E-state index < -0.39 is 0 Å². The SMILES string of the molecule is CB1OCc2c(CC(C)(C)C)cccc21. The molecule has 0 saturated carbocycles. The van der Waals surface area contributed by atoms with E-state index in [1.807, 2.05) is 0 Å². The first-order valence-corrected chi connectivity index (χ1v) is 5.70. The van der Waals surface area contributed by atoms with E-state index in [1.54, 1.807) is 0 Å². The maximum absolute atomic E-state index is 5.68. The Bertz CT molecular complexity index is 365. The van der Waals surface area contributed by atoms with Crippen molar-refractivity contribution in [2.24, 2.45) is 5.41 Å². The lowest BCUT2D eigenvalue weighted by Gasteiger charge is -2.20. The molecule has 0 fully saturated rings. The van der Waals surface area contributed by atoms with Gasteiger partial charge in [-0.1, -0.05) is 45.8 Å². The highest BCUT2D eigenvalue weighted by Gasteiger charge is 2.26. The van der Waals surface area contributed by atoms with Crippen molar-refractivity contribution in [3.05, 3.63) is 29.3 Å². The molecule has 0 radical (unpaired) electrons. The van der Waals surface area contributed by atoms with E-state index in [0.29, 0.717) is 5.41 Å². The van der Waals surface area contributed by atoms with Gasteiger partial charge in [0, 0.05) is 0 Å². The summed E-state index contributed by atoms with van der Waals surface area (Å²) in [6, 6.07) is 6.59. The minimum absolute atomic E-state index is 0.278. The van der Waals surface area contributed by atoms with Crippen molar-refractivity contribution < 1.29 is 4.65 Å². The Kier molecular flexibility index (Phi) is 2.63. The number of hydrogen-bond donors (Lipinski definition) is 0. The van der Waals surface area contributed by atoms with Crippen LogP contribution in [0, 0.1) is 5.41 Å². The minimum atomic E-state index is 0.278. The third-order valence-corrected chi connectivity index (χ3v) is 2.95. The van der Waals surface area contributed by atoms with Gasteiger partial charge in [0.05, 0.1) is 6.61 Å². The predicted molar refractivity (Wildman–Crippen MR) is 65.6 cm³/mol. The van der Waals surface area contributed by atoms with Crippen LogP contribution in [-0.4, -0.2) is 6.92 Å². The summed E-state index contributed by atoms with van der Waals surface area (Å²) in [7, 11) is 0. The number of rotatable bonds is 1. The molecular formula is C13H19BO. The Morgan fingerprint density at radius 2 is 2.07 bits per heavy atom. The van der Waals surface area contributed by atoms with E-state index >= 15 is 0 Å². The molecule has 0 spiro atoms. The molecule has 1 aromatic carbocycles. The van der Waals surface area contributed by atoms with Crippen LogP contribution >= 0.6 is 0 Å². The molecule has 2 rings (SSSR count). The summed E-state index contributed by atoms with van der Waals surface area (Å²) in [4.78, 5) is 0. The Hall–Kier alpha value is -0.755. The van der Waals surface area contributed by atoms with E-state index in [9.17, 15) is 0 Å². The summed E-state index contributed by atoms with van der Waals surface area (Å²) in [6.45, 7) is 10.1. The molecule has 0 aliphatic carbocycles. The van der Waals surface area contributed by atoms with Crippen molar-refractivity contribution in [1.82, 2.24) is 0 Å². The van der Waals surface area contributed by atoms with Gasteiger partial charge in [0.1, 0.15) is 0 Å². The Balaban J connectivity index is 2.34. The number of fused-ring (bicyclic) bond motifs is 1. The van der Waals surface area contributed by atoms with Crippen LogP contribution in [0.1, 0.15) is 31.9 Å². The highest BCUT2D eigenvalue weighted by atomic mass is 16.4. The van der Waals surface area contributed by atoms with E-state index in [4.69, 9.17) is 4.65 Å². The second kappa shape index (κ2) is 3.68. The Morgan fingerprint density at radius 1 is 1.33 bits per heavy atom.